The van der Waals surface area contributed by atoms with Crippen molar-refractivity contribution in [1.82, 2.24) is 15.0 Å². The van der Waals surface area contributed by atoms with Crippen LogP contribution in [0.25, 0.3) is 10.8 Å². The molecule has 5 nitrogen and oxygen atoms in total. The number of carbonyl (C=O) groups is 1. The monoisotopic (exact) mass is 289 g/mol. The molecule has 2 aromatic heterocycles. The number of hydrogen-bond acceptors (Lipinski definition) is 6. The van der Waals surface area contributed by atoms with E-state index >= 15 is 0 Å². The van der Waals surface area contributed by atoms with E-state index in [-0.39, 0.29) is 12.1 Å². The fourth-order valence-corrected chi connectivity index (χ4v) is 3.20. The number of carbonyl (C=O) groups excluding carboxylic acids is 1. The summed E-state index contributed by atoms with van der Waals surface area (Å²) in [5.41, 5.74) is 0.681. The third-order valence-corrected chi connectivity index (χ3v) is 4.45. The SMILES string of the molecule is Cc1nc(-c2ncccn2)sc1C(=O)OC1CCCC1. The molecule has 0 aromatic carbocycles. The highest BCUT2D eigenvalue weighted by molar-refractivity contribution is 7.16. The van der Waals surface area contributed by atoms with Gasteiger partial charge in [-0.15, -0.1) is 11.3 Å². The Balaban J connectivity index is 1.80. The van der Waals surface area contributed by atoms with E-state index in [2.05, 4.69) is 15.0 Å². The number of aryl methyl sites for hydroxylation is 1. The molecule has 0 spiro atoms. The zero-order chi connectivity index (χ0) is 13.9. The van der Waals surface area contributed by atoms with Crippen molar-refractivity contribution in [3.63, 3.8) is 0 Å². The molecule has 0 saturated heterocycles. The van der Waals surface area contributed by atoms with Gasteiger partial charge in [0.15, 0.2) is 10.8 Å². The molecule has 1 aliphatic carbocycles. The van der Waals surface area contributed by atoms with Crippen LogP contribution in [-0.4, -0.2) is 27.0 Å². The van der Waals surface area contributed by atoms with Crippen molar-refractivity contribution in [2.75, 3.05) is 0 Å². The molecule has 0 atom stereocenters. The third kappa shape index (κ3) is 2.70. The van der Waals surface area contributed by atoms with Gasteiger partial charge in [-0.25, -0.2) is 19.7 Å². The van der Waals surface area contributed by atoms with Crippen molar-refractivity contribution in [3.05, 3.63) is 29.0 Å². The van der Waals surface area contributed by atoms with E-state index in [0.29, 0.717) is 21.4 Å². The van der Waals surface area contributed by atoms with Gasteiger partial charge in [-0.05, 0) is 38.7 Å². The maximum atomic E-state index is 12.2. The van der Waals surface area contributed by atoms with Crippen LogP contribution in [0.1, 0.15) is 41.0 Å². The Labute approximate surface area is 121 Å². The second kappa shape index (κ2) is 5.66. The van der Waals surface area contributed by atoms with Gasteiger partial charge in [0.2, 0.25) is 0 Å². The summed E-state index contributed by atoms with van der Waals surface area (Å²) in [7, 11) is 0. The molecule has 2 aromatic rings. The van der Waals surface area contributed by atoms with Crippen molar-refractivity contribution in [2.24, 2.45) is 0 Å². The van der Waals surface area contributed by atoms with Crippen LogP contribution in [0, 0.1) is 6.92 Å². The fraction of sp³-hybridized carbons (Fsp3) is 0.429. The molecule has 6 heteroatoms. The van der Waals surface area contributed by atoms with Crippen LogP contribution in [0.4, 0.5) is 0 Å². The average molecular weight is 289 g/mol. The van der Waals surface area contributed by atoms with Gasteiger partial charge in [-0.3, -0.25) is 0 Å². The van der Waals surface area contributed by atoms with Crippen LogP contribution in [0.2, 0.25) is 0 Å². The Hall–Kier alpha value is -1.82. The van der Waals surface area contributed by atoms with E-state index in [4.69, 9.17) is 4.74 Å². The highest BCUT2D eigenvalue weighted by atomic mass is 32.1. The minimum absolute atomic E-state index is 0.0698. The molecule has 0 radical (unpaired) electrons. The van der Waals surface area contributed by atoms with Crippen molar-refractivity contribution in [2.45, 2.75) is 38.7 Å². The first-order valence-electron chi connectivity index (χ1n) is 6.70. The number of nitrogens with zero attached hydrogens (tertiary/aromatic N) is 3. The molecule has 2 heterocycles. The largest absolute Gasteiger partial charge is 0.458 e. The second-order valence-corrected chi connectivity index (χ2v) is 5.82. The maximum absolute atomic E-state index is 12.2. The number of ether oxygens (including phenoxy) is 1. The molecular weight excluding hydrogens is 274 g/mol. The van der Waals surface area contributed by atoms with E-state index in [1.165, 1.54) is 11.3 Å². The van der Waals surface area contributed by atoms with Gasteiger partial charge in [0.05, 0.1) is 5.69 Å². The van der Waals surface area contributed by atoms with Gasteiger partial charge < -0.3 is 4.74 Å². The fourth-order valence-electron chi connectivity index (χ4n) is 2.30. The molecule has 1 fully saturated rings. The summed E-state index contributed by atoms with van der Waals surface area (Å²) < 4.78 is 5.52. The Morgan fingerprint density at radius 3 is 2.70 bits per heavy atom. The lowest BCUT2D eigenvalue weighted by Gasteiger charge is -2.09. The molecule has 1 saturated carbocycles. The lowest BCUT2D eigenvalue weighted by atomic mass is 10.3. The first kappa shape index (κ1) is 13.2. The maximum Gasteiger partial charge on any atom is 0.350 e. The van der Waals surface area contributed by atoms with Crippen molar-refractivity contribution in [1.29, 1.82) is 0 Å². The molecule has 0 amide bonds. The summed E-state index contributed by atoms with van der Waals surface area (Å²) in [4.78, 5) is 25.4. The van der Waals surface area contributed by atoms with E-state index < -0.39 is 0 Å². The zero-order valence-corrected chi connectivity index (χ0v) is 12.0. The standard InChI is InChI=1S/C14H15N3O2S/c1-9-11(14(18)19-10-5-2-3-6-10)20-13(17-9)12-15-7-4-8-16-12/h4,7-8,10H,2-3,5-6H2,1H3. The number of hydrogen-bond donors (Lipinski definition) is 0. The lowest BCUT2D eigenvalue weighted by molar-refractivity contribution is 0.0322. The predicted molar refractivity (Wildman–Crippen MR) is 75.5 cm³/mol. The smallest absolute Gasteiger partial charge is 0.350 e. The van der Waals surface area contributed by atoms with Gasteiger partial charge in [0.1, 0.15) is 11.0 Å². The van der Waals surface area contributed by atoms with Crippen molar-refractivity contribution < 1.29 is 9.53 Å². The Kier molecular flexibility index (Phi) is 3.73. The molecule has 0 aliphatic heterocycles. The summed E-state index contributed by atoms with van der Waals surface area (Å²) in [6.45, 7) is 1.81. The van der Waals surface area contributed by atoms with Crippen LogP contribution >= 0.6 is 11.3 Å². The molecule has 0 bridgehead atoms. The van der Waals surface area contributed by atoms with Gasteiger partial charge in [0.25, 0.3) is 0 Å². The summed E-state index contributed by atoms with van der Waals surface area (Å²) in [6, 6.07) is 1.75. The lowest BCUT2D eigenvalue weighted by Crippen LogP contribution is -2.14. The molecule has 3 rings (SSSR count). The quantitative estimate of drug-likeness (QED) is 0.813. The van der Waals surface area contributed by atoms with Gasteiger partial charge >= 0.3 is 5.97 Å². The van der Waals surface area contributed by atoms with Crippen molar-refractivity contribution in [3.8, 4) is 10.8 Å². The van der Waals surface area contributed by atoms with Crippen LogP contribution in [0.3, 0.4) is 0 Å². The molecule has 104 valence electrons. The highest BCUT2D eigenvalue weighted by Crippen LogP contribution is 2.28. The van der Waals surface area contributed by atoms with Crippen LogP contribution in [0.5, 0.6) is 0 Å². The second-order valence-electron chi connectivity index (χ2n) is 4.82. The zero-order valence-electron chi connectivity index (χ0n) is 11.2. The van der Waals surface area contributed by atoms with Crippen LogP contribution < -0.4 is 0 Å². The Morgan fingerprint density at radius 1 is 1.30 bits per heavy atom. The van der Waals surface area contributed by atoms with E-state index in [1.54, 1.807) is 18.5 Å². The van der Waals surface area contributed by atoms with Crippen molar-refractivity contribution >= 4 is 17.3 Å². The minimum Gasteiger partial charge on any atom is -0.458 e. The topological polar surface area (TPSA) is 65.0 Å². The number of aromatic nitrogens is 3. The highest BCUT2D eigenvalue weighted by Gasteiger charge is 2.24. The van der Waals surface area contributed by atoms with E-state index in [0.717, 1.165) is 25.7 Å². The van der Waals surface area contributed by atoms with Gasteiger partial charge in [-0.2, -0.15) is 0 Å². The average Bonchev–Trinajstić information content (AvgIpc) is 3.09. The third-order valence-electron chi connectivity index (χ3n) is 3.31. The predicted octanol–water partition coefficient (Wildman–Crippen LogP) is 3.01. The Morgan fingerprint density at radius 2 is 2.00 bits per heavy atom. The summed E-state index contributed by atoms with van der Waals surface area (Å²) in [6.07, 6.45) is 7.62. The van der Waals surface area contributed by atoms with Crippen LogP contribution in [0.15, 0.2) is 18.5 Å². The number of thiazole rings is 1. The summed E-state index contributed by atoms with van der Waals surface area (Å²) >= 11 is 1.29. The van der Waals surface area contributed by atoms with Crippen LogP contribution in [-0.2, 0) is 4.74 Å². The summed E-state index contributed by atoms with van der Waals surface area (Å²) in [5.74, 6) is 0.273. The first-order valence-corrected chi connectivity index (χ1v) is 7.51. The minimum atomic E-state index is -0.269. The molecular formula is C14H15N3O2S. The first-order chi connectivity index (χ1) is 9.74. The molecule has 0 N–H and O–H groups in total. The van der Waals surface area contributed by atoms with Gasteiger partial charge in [0, 0.05) is 12.4 Å². The van der Waals surface area contributed by atoms with E-state index in [1.807, 2.05) is 6.92 Å². The molecule has 1 aliphatic rings. The molecule has 0 unspecified atom stereocenters. The normalized spacial score (nSPS) is 15.4. The number of rotatable bonds is 3. The molecule has 20 heavy (non-hydrogen) atoms. The number of esters is 1. The van der Waals surface area contributed by atoms with E-state index in [9.17, 15) is 4.79 Å². The Bertz CT molecular complexity index is 606. The summed E-state index contributed by atoms with van der Waals surface area (Å²) in [5, 5.41) is 0.654. The van der Waals surface area contributed by atoms with Gasteiger partial charge in [-0.1, -0.05) is 0 Å².